The highest BCUT2D eigenvalue weighted by Gasteiger charge is 2.26. The van der Waals surface area contributed by atoms with Gasteiger partial charge in [-0.25, -0.2) is 4.98 Å². The molecule has 0 fully saturated rings. The number of hydrogen-bond donors (Lipinski definition) is 1. The van der Waals surface area contributed by atoms with E-state index in [1.165, 1.54) is 11.3 Å². The van der Waals surface area contributed by atoms with E-state index in [1.807, 2.05) is 42.6 Å². The van der Waals surface area contributed by atoms with Crippen molar-refractivity contribution in [2.75, 3.05) is 37.6 Å². The normalized spacial score (nSPS) is 13.4. The Bertz CT molecular complexity index is 1040. The molecular weight excluding hydrogens is 386 g/mol. The number of fused-ring (bicyclic) bond motifs is 3. The van der Waals surface area contributed by atoms with E-state index in [-0.39, 0.29) is 5.91 Å². The van der Waals surface area contributed by atoms with E-state index >= 15 is 0 Å². The Hall–Kier alpha value is -2.90. The summed E-state index contributed by atoms with van der Waals surface area (Å²) < 4.78 is 10.3. The molecule has 1 aliphatic rings. The predicted molar refractivity (Wildman–Crippen MR) is 117 cm³/mol. The topological polar surface area (TPSA) is 63.7 Å². The third-order valence-corrected chi connectivity index (χ3v) is 6.00. The molecule has 150 valence electrons. The number of thiophene rings is 1. The Labute approximate surface area is 173 Å². The first-order chi connectivity index (χ1) is 14.2. The number of methoxy groups -OCH3 is 2. The van der Waals surface area contributed by atoms with Gasteiger partial charge < -0.3 is 14.8 Å². The van der Waals surface area contributed by atoms with E-state index in [4.69, 9.17) is 9.47 Å². The molecule has 1 amide bonds. The lowest BCUT2D eigenvalue weighted by Crippen LogP contribution is -2.24. The van der Waals surface area contributed by atoms with E-state index in [0.717, 1.165) is 50.7 Å². The molecule has 1 N–H and O–H groups in total. The summed E-state index contributed by atoms with van der Waals surface area (Å²) in [7, 11) is 3.33. The number of benzene rings is 1. The summed E-state index contributed by atoms with van der Waals surface area (Å²) in [5, 5.41) is 4.51. The summed E-state index contributed by atoms with van der Waals surface area (Å²) in [6, 6.07) is 9.47. The fourth-order valence-electron chi connectivity index (χ4n) is 3.44. The number of nitrogens with zero attached hydrogens (tertiary/aromatic N) is 2. The number of aromatic nitrogens is 1. The lowest BCUT2D eigenvalue weighted by molar-refractivity contribution is 0.100. The van der Waals surface area contributed by atoms with Gasteiger partial charge in [0.05, 0.1) is 12.0 Å². The molecule has 4 rings (SSSR count). The van der Waals surface area contributed by atoms with Gasteiger partial charge in [0.2, 0.25) is 0 Å². The second-order valence-electron chi connectivity index (χ2n) is 6.68. The van der Waals surface area contributed by atoms with Gasteiger partial charge >= 0.3 is 0 Å². The molecule has 29 heavy (non-hydrogen) atoms. The maximum atomic E-state index is 13.4. The summed E-state index contributed by atoms with van der Waals surface area (Å²) in [5.74, 6) is 0.725. The SMILES string of the molecule is COCCCNc1ccnc2sc3c(c12)CC=CN(c1ccc(OC)cc1)C3=O. The Morgan fingerprint density at radius 1 is 1.21 bits per heavy atom. The van der Waals surface area contributed by atoms with E-state index in [1.54, 1.807) is 25.3 Å². The summed E-state index contributed by atoms with van der Waals surface area (Å²) in [6.07, 6.45) is 7.27. The van der Waals surface area contributed by atoms with Gasteiger partial charge in [0.25, 0.3) is 5.91 Å². The van der Waals surface area contributed by atoms with E-state index in [2.05, 4.69) is 10.3 Å². The lowest BCUT2D eigenvalue weighted by Gasteiger charge is -2.17. The maximum absolute atomic E-state index is 13.4. The van der Waals surface area contributed by atoms with Crippen LogP contribution in [0.5, 0.6) is 5.75 Å². The van der Waals surface area contributed by atoms with Gasteiger partial charge in [-0.3, -0.25) is 9.69 Å². The van der Waals surface area contributed by atoms with Gasteiger partial charge in [0, 0.05) is 49.4 Å². The molecule has 6 nitrogen and oxygen atoms in total. The average Bonchev–Trinajstić information content (AvgIpc) is 3.05. The zero-order valence-electron chi connectivity index (χ0n) is 16.5. The van der Waals surface area contributed by atoms with Crippen molar-refractivity contribution >= 4 is 38.8 Å². The highest BCUT2D eigenvalue weighted by atomic mass is 32.1. The van der Waals surface area contributed by atoms with E-state index in [9.17, 15) is 4.79 Å². The molecule has 0 spiro atoms. The highest BCUT2D eigenvalue weighted by Crippen LogP contribution is 2.38. The predicted octanol–water partition coefficient (Wildman–Crippen LogP) is 4.47. The van der Waals surface area contributed by atoms with E-state index < -0.39 is 0 Å². The zero-order chi connectivity index (χ0) is 20.2. The summed E-state index contributed by atoms with van der Waals surface area (Å²) in [4.78, 5) is 21.2. The minimum atomic E-state index is -0.0350. The van der Waals surface area contributed by atoms with Crippen LogP contribution in [-0.4, -0.2) is 38.3 Å². The number of ether oxygens (including phenoxy) is 2. The van der Waals surface area contributed by atoms with Crippen LogP contribution in [0.25, 0.3) is 10.2 Å². The van der Waals surface area contributed by atoms with Gasteiger partial charge in [0.15, 0.2) is 0 Å². The zero-order valence-corrected chi connectivity index (χ0v) is 17.3. The quantitative estimate of drug-likeness (QED) is 0.584. The first-order valence-corrected chi connectivity index (χ1v) is 10.3. The van der Waals surface area contributed by atoms with Crippen molar-refractivity contribution in [3.05, 3.63) is 59.2 Å². The van der Waals surface area contributed by atoms with Crippen LogP contribution in [0, 0.1) is 0 Å². The molecule has 7 heteroatoms. The minimum Gasteiger partial charge on any atom is -0.497 e. The van der Waals surface area contributed by atoms with Crippen molar-refractivity contribution in [3.8, 4) is 5.75 Å². The first kappa shape index (κ1) is 19.4. The molecule has 0 saturated heterocycles. The summed E-state index contributed by atoms with van der Waals surface area (Å²) >= 11 is 1.45. The largest absolute Gasteiger partial charge is 0.497 e. The second-order valence-corrected chi connectivity index (χ2v) is 7.68. The number of carbonyl (C=O) groups is 1. The molecule has 3 heterocycles. The fraction of sp³-hybridized carbons (Fsp3) is 0.273. The Balaban J connectivity index is 1.69. The minimum absolute atomic E-state index is 0.0350. The molecular formula is C22H23N3O3S. The number of nitrogens with one attached hydrogen (secondary N) is 1. The number of hydrogen-bond acceptors (Lipinski definition) is 6. The smallest absolute Gasteiger partial charge is 0.272 e. The first-order valence-electron chi connectivity index (χ1n) is 9.50. The third kappa shape index (κ3) is 3.83. The van der Waals surface area contributed by atoms with Crippen LogP contribution in [0.3, 0.4) is 0 Å². The van der Waals surface area contributed by atoms with Gasteiger partial charge in [0.1, 0.15) is 10.6 Å². The second kappa shape index (κ2) is 8.63. The fourth-order valence-corrected chi connectivity index (χ4v) is 4.57. The van der Waals surface area contributed by atoms with Crippen LogP contribution in [0.15, 0.2) is 48.8 Å². The molecule has 0 unspecified atom stereocenters. The van der Waals surface area contributed by atoms with Crippen LogP contribution in [0.4, 0.5) is 11.4 Å². The molecule has 0 bridgehead atoms. The number of carbonyl (C=O) groups excluding carboxylic acids is 1. The molecule has 0 saturated carbocycles. The van der Waals surface area contributed by atoms with Crippen LogP contribution in [-0.2, 0) is 11.2 Å². The molecule has 0 radical (unpaired) electrons. The van der Waals surface area contributed by atoms with Crippen molar-refractivity contribution in [1.82, 2.24) is 4.98 Å². The third-order valence-electron chi connectivity index (χ3n) is 4.87. The molecule has 1 aromatic carbocycles. The van der Waals surface area contributed by atoms with Crippen molar-refractivity contribution in [2.24, 2.45) is 0 Å². The molecule has 3 aromatic rings. The van der Waals surface area contributed by atoms with Gasteiger partial charge in [-0.15, -0.1) is 11.3 Å². The molecule has 0 atom stereocenters. The van der Waals surface area contributed by atoms with Crippen LogP contribution < -0.4 is 15.0 Å². The van der Waals surface area contributed by atoms with Gasteiger partial charge in [-0.1, -0.05) is 6.08 Å². The van der Waals surface area contributed by atoms with Crippen LogP contribution >= 0.6 is 11.3 Å². The Kier molecular flexibility index (Phi) is 5.78. The Morgan fingerprint density at radius 2 is 2.03 bits per heavy atom. The molecule has 1 aliphatic heterocycles. The van der Waals surface area contributed by atoms with E-state index in [0.29, 0.717) is 13.0 Å². The van der Waals surface area contributed by atoms with Gasteiger partial charge in [-0.05, 0) is 48.7 Å². The number of pyridine rings is 1. The van der Waals surface area contributed by atoms with Crippen molar-refractivity contribution in [3.63, 3.8) is 0 Å². The average molecular weight is 410 g/mol. The summed E-state index contributed by atoms with van der Waals surface area (Å²) in [5.41, 5.74) is 2.86. The Morgan fingerprint density at radius 3 is 2.79 bits per heavy atom. The number of rotatable bonds is 7. The standard InChI is InChI=1S/C22H23N3O3S/c1-27-14-4-11-23-18-10-12-24-21-19(18)17-5-3-13-25(22(26)20(17)29-21)15-6-8-16(28-2)9-7-15/h3,6-10,12-13H,4-5,11,14H2,1-2H3,(H,23,24). The van der Waals surface area contributed by atoms with Crippen molar-refractivity contribution < 1.29 is 14.3 Å². The molecule has 0 aliphatic carbocycles. The summed E-state index contributed by atoms with van der Waals surface area (Å²) in [6.45, 7) is 1.51. The number of allylic oxidation sites excluding steroid dienone is 1. The number of amides is 1. The molecule has 2 aromatic heterocycles. The lowest BCUT2D eigenvalue weighted by atomic mass is 10.1. The number of anilines is 2. The van der Waals surface area contributed by atoms with Gasteiger partial charge in [-0.2, -0.15) is 0 Å². The van der Waals surface area contributed by atoms with Crippen molar-refractivity contribution in [1.29, 1.82) is 0 Å². The van der Waals surface area contributed by atoms with Crippen LogP contribution in [0.1, 0.15) is 21.7 Å². The van der Waals surface area contributed by atoms with Crippen molar-refractivity contribution in [2.45, 2.75) is 12.8 Å². The monoisotopic (exact) mass is 409 g/mol. The maximum Gasteiger partial charge on any atom is 0.272 e. The van der Waals surface area contributed by atoms with Crippen LogP contribution in [0.2, 0.25) is 0 Å². The highest BCUT2D eigenvalue weighted by molar-refractivity contribution is 7.20.